The van der Waals surface area contributed by atoms with E-state index in [9.17, 15) is 10.1 Å². The van der Waals surface area contributed by atoms with Crippen molar-refractivity contribution in [2.24, 2.45) is 0 Å². The lowest BCUT2D eigenvalue weighted by molar-refractivity contribution is 0.102. The van der Waals surface area contributed by atoms with Crippen LogP contribution in [0.4, 0.5) is 11.5 Å². The van der Waals surface area contributed by atoms with Crippen LogP contribution in [0.25, 0.3) is 0 Å². The van der Waals surface area contributed by atoms with Crippen molar-refractivity contribution in [1.82, 2.24) is 4.98 Å². The van der Waals surface area contributed by atoms with Gasteiger partial charge in [0.2, 0.25) is 0 Å². The second-order valence-electron chi connectivity index (χ2n) is 7.65. The number of nitrogen functional groups attached to an aromatic ring is 1. The summed E-state index contributed by atoms with van der Waals surface area (Å²) < 4.78 is 5.91. The predicted octanol–water partition coefficient (Wildman–Crippen LogP) is 5.26. The van der Waals surface area contributed by atoms with E-state index in [0.29, 0.717) is 22.0 Å². The number of nitrogens with one attached hydrogen (secondary N) is 1. The van der Waals surface area contributed by atoms with Crippen LogP contribution in [0.5, 0.6) is 5.75 Å². The number of hydrogen-bond donors (Lipinski definition) is 2. The fourth-order valence-electron chi connectivity index (χ4n) is 3.40. The smallest absolute Gasteiger partial charge is 0.255 e. The van der Waals surface area contributed by atoms with Gasteiger partial charge in [-0.3, -0.25) is 4.79 Å². The SMILES string of the molecule is C[C@@H](Oc1cc(Cl)cnc1N)c1cccc(NC(=O)c2cccc(C3(C#N)CC3)c2)c1. The standard InChI is InChI=1S/C24H21ClN4O2/c1-15(31-21-12-19(25)13-28-22(21)27)16-4-3-7-20(11-16)29-23(30)17-5-2-6-18(10-17)24(14-26)8-9-24/h2-7,10-13,15H,8-9H2,1H3,(H2,27,28)(H,29,30)/t15-/m1/s1. The molecule has 156 valence electrons. The second kappa shape index (κ2) is 8.29. The van der Waals surface area contributed by atoms with Crippen LogP contribution in [0.3, 0.4) is 0 Å². The first kappa shape index (κ1) is 20.7. The third-order valence-corrected chi connectivity index (χ3v) is 5.61. The van der Waals surface area contributed by atoms with Crippen LogP contribution in [0.1, 0.15) is 47.4 Å². The Balaban J connectivity index is 1.49. The fraction of sp³-hybridized carbons (Fsp3) is 0.208. The number of amides is 1. The molecule has 6 nitrogen and oxygen atoms in total. The molecule has 1 aliphatic carbocycles. The molecule has 0 saturated heterocycles. The molecule has 1 atom stereocenters. The molecule has 1 fully saturated rings. The van der Waals surface area contributed by atoms with Crippen LogP contribution in [-0.2, 0) is 5.41 Å². The number of aromatic nitrogens is 1. The number of rotatable bonds is 6. The van der Waals surface area contributed by atoms with Gasteiger partial charge >= 0.3 is 0 Å². The van der Waals surface area contributed by atoms with Crippen LogP contribution >= 0.6 is 11.6 Å². The molecular formula is C24H21ClN4O2. The summed E-state index contributed by atoms with van der Waals surface area (Å²) in [4.78, 5) is 16.8. The molecule has 0 radical (unpaired) electrons. The largest absolute Gasteiger partial charge is 0.482 e. The van der Waals surface area contributed by atoms with Gasteiger partial charge in [-0.2, -0.15) is 5.26 Å². The van der Waals surface area contributed by atoms with E-state index in [2.05, 4.69) is 16.4 Å². The van der Waals surface area contributed by atoms with Crippen LogP contribution < -0.4 is 15.8 Å². The van der Waals surface area contributed by atoms with Crippen molar-refractivity contribution in [2.45, 2.75) is 31.3 Å². The maximum Gasteiger partial charge on any atom is 0.255 e. The van der Waals surface area contributed by atoms with E-state index in [1.165, 1.54) is 6.20 Å². The summed E-state index contributed by atoms with van der Waals surface area (Å²) >= 11 is 5.98. The van der Waals surface area contributed by atoms with Crippen molar-refractivity contribution in [1.29, 1.82) is 5.26 Å². The molecule has 4 rings (SSSR count). The highest BCUT2D eigenvalue weighted by Gasteiger charge is 2.45. The van der Waals surface area contributed by atoms with Crippen molar-refractivity contribution in [3.63, 3.8) is 0 Å². The summed E-state index contributed by atoms with van der Waals surface area (Å²) in [6.45, 7) is 1.88. The highest BCUT2D eigenvalue weighted by Crippen LogP contribution is 2.47. The topological polar surface area (TPSA) is 101 Å². The number of halogens is 1. The molecule has 3 aromatic rings. The molecule has 0 spiro atoms. The third-order valence-electron chi connectivity index (χ3n) is 5.41. The molecule has 7 heteroatoms. The van der Waals surface area contributed by atoms with E-state index in [4.69, 9.17) is 22.1 Å². The molecule has 1 heterocycles. The van der Waals surface area contributed by atoms with Crippen LogP contribution in [0.15, 0.2) is 60.8 Å². The number of carbonyl (C=O) groups excluding carboxylic acids is 1. The van der Waals surface area contributed by atoms with Crippen LogP contribution in [-0.4, -0.2) is 10.9 Å². The Labute approximate surface area is 185 Å². The van der Waals surface area contributed by atoms with Gasteiger partial charge in [-0.05, 0) is 55.2 Å². The van der Waals surface area contributed by atoms with E-state index in [1.807, 2.05) is 43.3 Å². The van der Waals surface area contributed by atoms with Gasteiger partial charge in [0.1, 0.15) is 6.10 Å². The summed E-state index contributed by atoms with van der Waals surface area (Å²) in [5, 5.41) is 12.8. The number of nitrogens with zero attached hydrogens (tertiary/aromatic N) is 2. The van der Waals surface area contributed by atoms with E-state index >= 15 is 0 Å². The van der Waals surface area contributed by atoms with E-state index in [-0.39, 0.29) is 17.8 Å². The third kappa shape index (κ3) is 4.47. The van der Waals surface area contributed by atoms with Gasteiger partial charge in [0.25, 0.3) is 5.91 Å². The van der Waals surface area contributed by atoms with Gasteiger partial charge in [0.05, 0.1) is 16.5 Å². The minimum Gasteiger partial charge on any atom is -0.482 e. The predicted molar refractivity (Wildman–Crippen MR) is 120 cm³/mol. The molecule has 1 saturated carbocycles. The molecule has 0 bridgehead atoms. The highest BCUT2D eigenvalue weighted by molar-refractivity contribution is 6.30. The van der Waals surface area contributed by atoms with Crippen molar-refractivity contribution in [2.75, 3.05) is 11.1 Å². The number of anilines is 2. The second-order valence-corrected chi connectivity index (χ2v) is 8.09. The lowest BCUT2D eigenvalue weighted by atomic mass is 9.96. The van der Waals surface area contributed by atoms with Crippen molar-refractivity contribution < 1.29 is 9.53 Å². The molecule has 0 aliphatic heterocycles. The highest BCUT2D eigenvalue weighted by atomic mass is 35.5. The molecule has 31 heavy (non-hydrogen) atoms. The van der Waals surface area contributed by atoms with Gasteiger partial charge in [-0.25, -0.2) is 4.98 Å². The Bertz CT molecular complexity index is 1180. The molecule has 1 aliphatic rings. The zero-order chi connectivity index (χ0) is 22.0. The Kier molecular flexibility index (Phi) is 5.53. The Morgan fingerprint density at radius 2 is 2.03 bits per heavy atom. The van der Waals surface area contributed by atoms with Gasteiger partial charge < -0.3 is 15.8 Å². The number of pyridine rings is 1. The lowest BCUT2D eigenvalue weighted by Gasteiger charge is -2.17. The van der Waals surface area contributed by atoms with Gasteiger partial charge in [0.15, 0.2) is 11.6 Å². The van der Waals surface area contributed by atoms with E-state index in [1.54, 1.807) is 18.2 Å². The van der Waals surface area contributed by atoms with Crippen molar-refractivity contribution in [3.8, 4) is 11.8 Å². The minimum absolute atomic E-state index is 0.232. The molecule has 2 aromatic carbocycles. The summed E-state index contributed by atoms with van der Waals surface area (Å²) in [5.41, 5.74) is 8.34. The van der Waals surface area contributed by atoms with E-state index in [0.717, 1.165) is 24.0 Å². The summed E-state index contributed by atoms with van der Waals surface area (Å²) in [6.07, 6.45) is 2.79. The first-order valence-electron chi connectivity index (χ1n) is 9.91. The summed E-state index contributed by atoms with van der Waals surface area (Å²) in [7, 11) is 0. The van der Waals surface area contributed by atoms with Gasteiger partial charge in [0, 0.05) is 23.5 Å². The van der Waals surface area contributed by atoms with Crippen molar-refractivity contribution in [3.05, 3.63) is 82.5 Å². The molecule has 3 N–H and O–H groups in total. The van der Waals surface area contributed by atoms with Gasteiger partial charge in [-0.1, -0.05) is 35.9 Å². The number of carbonyl (C=O) groups is 1. The number of benzene rings is 2. The van der Waals surface area contributed by atoms with E-state index < -0.39 is 5.41 Å². The Hall–Kier alpha value is -3.56. The maximum atomic E-state index is 12.8. The lowest BCUT2D eigenvalue weighted by Crippen LogP contribution is -2.14. The monoisotopic (exact) mass is 432 g/mol. The van der Waals surface area contributed by atoms with Gasteiger partial charge in [-0.15, -0.1) is 0 Å². The number of ether oxygens (including phenoxy) is 1. The van der Waals surface area contributed by atoms with Crippen LogP contribution in [0.2, 0.25) is 5.02 Å². The molecule has 0 unspecified atom stereocenters. The number of nitriles is 1. The van der Waals surface area contributed by atoms with Crippen molar-refractivity contribution >= 4 is 29.0 Å². The molecule has 1 aromatic heterocycles. The first-order valence-corrected chi connectivity index (χ1v) is 10.3. The first-order chi connectivity index (χ1) is 14.9. The normalized spacial score (nSPS) is 14.9. The Morgan fingerprint density at radius 3 is 2.77 bits per heavy atom. The zero-order valence-electron chi connectivity index (χ0n) is 16.9. The average Bonchev–Trinajstić information content (AvgIpc) is 3.58. The fourth-order valence-corrected chi connectivity index (χ4v) is 3.55. The minimum atomic E-state index is -0.431. The number of nitrogens with two attached hydrogens (primary N) is 1. The zero-order valence-corrected chi connectivity index (χ0v) is 17.7. The summed E-state index contributed by atoms with van der Waals surface area (Å²) in [6, 6.07) is 18.7. The summed E-state index contributed by atoms with van der Waals surface area (Å²) in [5.74, 6) is 0.425. The molecular weight excluding hydrogens is 412 g/mol. The van der Waals surface area contributed by atoms with Crippen LogP contribution in [0, 0.1) is 11.3 Å². The average molecular weight is 433 g/mol. The Morgan fingerprint density at radius 1 is 1.26 bits per heavy atom. The maximum absolute atomic E-state index is 12.8. The quantitative estimate of drug-likeness (QED) is 0.552. The number of hydrogen-bond acceptors (Lipinski definition) is 5. The molecule has 1 amide bonds.